The average molecular weight is 381 g/mol. The van der Waals surface area contributed by atoms with Gasteiger partial charge in [0.1, 0.15) is 0 Å². The number of benzene rings is 2. The van der Waals surface area contributed by atoms with Gasteiger partial charge in [-0.25, -0.2) is 0 Å². The predicted octanol–water partition coefficient (Wildman–Crippen LogP) is 5.19. The molecule has 1 saturated heterocycles. The van der Waals surface area contributed by atoms with E-state index in [1.165, 1.54) is 37.2 Å². The first-order chi connectivity index (χ1) is 12.7. The molecule has 2 aliphatic rings. The summed E-state index contributed by atoms with van der Waals surface area (Å²) in [6.45, 7) is 2.73. The molecule has 0 spiro atoms. The van der Waals surface area contributed by atoms with Gasteiger partial charge in [0.15, 0.2) is 0 Å². The summed E-state index contributed by atoms with van der Waals surface area (Å²) in [6.07, 6.45) is 0.745. The molecule has 0 saturated carbocycles. The zero-order chi connectivity index (χ0) is 17.5. The molecule has 0 radical (unpaired) electrons. The number of anilines is 2. The summed E-state index contributed by atoms with van der Waals surface area (Å²) in [5.74, 6) is 0. The molecule has 26 heavy (non-hydrogen) atoms. The van der Waals surface area contributed by atoms with Crippen LogP contribution in [0.15, 0.2) is 63.7 Å². The highest BCUT2D eigenvalue weighted by Crippen LogP contribution is 2.45. The number of nitrogens with zero attached hydrogens (tertiary/aromatic N) is 1. The molecule has 1 fully saturated rings. The van der Waals surface area contributed by atoms with Crippen LogP contribution in [-0.2, 0) is 6.54 Å². The predicted molar refractivity (Wildman–Crippen MR) is 110 cm³/mol. The minimum Gasteiger partial charge on any atom is -0.392 e. The highest BCUT2D eigenvalue weighted by molar-refractivity contribution is 7.99. The third-order valence-corrected chi connectivity index (χ3v) is 7.04. The Labute approximate surface area is 161 Å². The van der Waals surface area contributed by atoms with Crippen molar-refractivity contribution in [2.24, 2.45) is 0 Å². The Kier molecular flexibility index (Phi) is 4.25. The van der Waals surface area contributed by atoms with Gasteiger partial charge in [-0.3, -0.25) is 4.90 Å². The Hall–Kier alpha value is -1.79. The van der Waals surface area contributed by atoms with E-state index in [4.69, 9.17) is 0 Å². The van der Waals surface area contributed by atoms with Crippen molar-refractivity contribution in [3.05, 3.63) is 58.8 Å². The summed E-state index contributed by atoms with van der Waals surface area (Å²) in [7, 11) is 0. The van der Waals surface area contributed by atoms with Crippen molar-refractivity contribution >= 4 is 34.5 Å². The first-order valence-electron chi connectivity index (χ1n) is 8.91. The van der Waals surface area contributed by atoms with Crippen molar-refractivity contribution in [1.29, 1.82) is 0 Å². The van der Waals surface area contributed by atoms with E-state index in [9.17, 15) is 5.11 Å². The van der Waals surface area contributed by atoms with Crippen molar-refractivity contribution in [3.63, 3.8) is 0 Å². The second kappa shape index (κ2) is 6.74. The van der Waals surface area contributed by atoms with E-state index >= 15 is 0 Å². The molecule has 0 bridgehead atoms. The number of β-amino-alcohol motifs (C(OH)–C–C–N with tert-alkyl or cyclic N) is 1. The third kappa shape index (κ3) is 3.16. The zero-order valence-electron chi connectivity index (χ0n) is 14.3. The summed E-state index contributed by atoms with van der Waals surface area (Å²) in [5.41, 5.74) is 4.89. The molecule has 132 valence electrons. The Morgan fingerprint density at radius 3 is 2.81 bits per heavy atom. The summed E-state index contributed by atoms with van der Waals surface area (Å²) in [6, 6.07) is 17.4. The van der Waals surface area contributed by atoms with Crippen molar-refractivity contribution < 1.29 is 5.11 Å². The lowest BCUT2D eigenvalue weighted by atomic mass is 10.1. The maximum Gasteiger partial charge on any atom is 0.0679 e. The van der Waals surface area contributed by atoms with Crippen LogP contribution in [0, 0.1) is 0 Å². The lowest BCUT2D eigenvalue weighted by Crippen LogP contribution is -2.20. The van der Waals surface area contributed by atoms with Gasteiger partial charge in [-0.2, -0.15) is 0 Å². The summed E-state index contributed by atoms with van der Waals surface area (Å²) < 4.78 is 0. The minimum atomic E-state index is -0.151. The summed E-state index contributed by atoms with van der Waals surface area (Å²) in [5, 5.41) is 15.5. The number of rotatable bonds is 3. The van der Waals surface area contributed by atoms with Gasteiger partial charge in [-0.15, -0.1) is 11.3 Å². The largest absolute Gasteiger partial charge is 0.392 e. The van der Waals surface area contributed by atoms with Crippen LogP contribution in [0.5, 0.6) is 0 Å². The van der Waals surface area contributed by atoms with Crippen LogP contribution in [0.2, 0.25) is 0 Å². The quantitative estimate of drug-likeness (QED) is 0.513. The van der Waals surface area contributed by atoms with E-state index in [-0.39, 0.29) is 6.10 Å². The van der Waals surface area contributed by atoms with E-state index in [0.717, 1.165) is 26.1 Å². The minimum absolute atomic E-state index is 0.151. The Bertz CT molecular complexity index is 953. The number of aliphatic hydroxyl groups excluding tert-OH is 1. The number of nitrogens with one attached hydrogen (secondary N) is 1. The number of thiophene rings is 1. The first kappa shape index (κ1) is 16.4. The fourth-order valence-electron chi connectivity index (χ4n) is 3.61. The van der Waals surface area contributed by atoms with Crippen molar-refractivity contribution in [2.45, 2.75) is 28.9 Å². The molecule has 0 unspecified atom stereocenters. The van der Waals surface area contributed by atoms with Crippen LogP contribution in [0.1, 0.15) is 11.3 Å². The molecule has 2 N–H and O–H groups in total. The highest BCUT2D eigenvalue weighted by Gasteiger charge is 2.21. The standard InChI is InChI=1S/C21H20N2OS2/c24-16-7-8-23(11-16)12-17-9-15(13-25-17)14-5-6-21-19(10-14)22-18-3-1-2-4-20(18)26-21/h1-6,9-10,13,16,22,24H,7-8,11-12H2/t16-/m0/s1. The molecule has 5 rings (SSSR count). The van der Waals surface area contributed by atoms with Crippen molar-refractivity contribution in [3.8, 4) is 11.1 Å². The molecule has 1 aromatic heterocycles. The van der Waals surface area contributed by atoms with Crippen molar-refractivity contribution in [2.75, 3.05) is 18.4 Å². The fourth-order valence-corrected chi connectivity index (χ4v) is 5.51. The van der Waals surface area contributed by atoms with E-state index in [0.29, 0.717) is 0 Å². The van der Waals surface area contributed by atoms with Gasteiger partial charge in [0, 0.05) is 34.3 Å². The average Bonchev–Trinajstić information content (AvgIpc) is 3.29. The third-order valence-electron chi connectivity index (χ3n) is 4.97. The molecule has 2 aromatic carbocycles. The zero-order valence-corrected chi connectivity index (χ0v) is 15.9. The molecule has 0 aliphatic carbocycles. The van der Waals surface area contributed by atoms with Gasteiger partial charge in [-0.05, 0) is 53.3 Å². The Balaban J connectivity index is 1.37. The number of aliphatic hydroxyl groups is 1. The maximum absolute atomic E-state index is 9.70. The van der Waals surface area contributed by atoms with E-state index < -0.39 is 0 Å². The molecule has 0 amide bonds. The Morgan fingerprint density at radius 1 is 1.04 bits per heavy atom. The Morgan fingerprint density at radius 2 is 1.92 bits per heavy atom. The van der Waals surface area contributed by atoms with Crippen LogP contribution in [-0.4, -0.2) is 29.2 Å². The monoisotopic (exact) mass is 380 g/mol. The molecular weight excluding hydrogens is 360 g/mol. The summed E-state index contributed by atoms with van der Waals surface area (Å²) >= 11 is 3.63. The normalized spacial score (nSPS) is 19.0. The molecule has 2 aliphatic heterocycles. The number of para-hydroxylation sites is 1. The van der Waals surface area contributed by atoms with Crippen LogP contribution in [0.25, 0.3) is 11.1 Å². The summed E-state index contributed by atoms with van der Waals surface area (Å²) in [4.78, 5) is 6.24. The molecular formula is C21H20N2OS2. The van der Waals surface area contributed by atoms with E-state index in [2.05, 4.69) is 64.1 Å². The van der Waals surface area contributed by atoms with Gasteiger partial charge >= 0.3 is 0 Å². The number of likely N-dealkylation sites (tertiary alicyclic amines) is 1. The lowest BCUT2D eigenvalue weighted by Gasteiger charge is -2.21. The lowest BCUT2D eigenvalue weighted by molar-refractivity contribution is 0.175. The van der Waals surface area contributed by atoms with Crippen LogP contribution in [0.4, 0.5) is 11.4 Å². The fraction of sp³-hybridized carbons (Fsp3) is 0.238. The molecule has 3 nitrogen and oxygen atoms in total. The van der Waals surface area contributed by atoms with Gasteiger partial charge in [0.25, 0.3) is 0 Å². The second-order valence-corrected chi connectivity index (χ2v) is 8.99. The molecule has 5 heteroatoms. The van der Waals surface area contributed by atoms with Gasteiger partial charge in [0.2, 0.25) is 0 Å². The van der Waals surface area contributed by atoms with E-state index in [1.54, 1.807) is 0 Å². The van der Waals surface area contributed by atoms with Gasteiger partial charge in [-0.1, -0.05) is 30.0 Å². The van der Waals surface area contributed by atoms with Crippen molar-refractivity contribution in [1.82, 2.24) is 4.90 Å². The molecule has 1 atom stereocenters. The number of fused-ring (bicyclic) bond motifs is 2. The van der Waals surface area contributed by atoms with Gasteiger partial charge < -0.3 is 10.4 Å². The molecule has 3 heterocycles. The van der Waals surface area contributed by atoms with Crippen LogP contribution in [0.3, 0.4) is 0 Å². The smallest absolute Gasteiger partial charge is 0.0679 e. The SMILES string of the molecule is O[C@H]1CCN(Cc2cc(-c3ccc4c(c3)Nc3ccccc3S4)cs2)C1. The first-order valence-corrected chi connectivity index (χ1v) is 10.6. The highest BCUT2D eigenvalue weighted by atomic mass is 32.2. The molecule has 3 aromatic rings. The number of hydrogen-bond acceptors (Lipinski definition) is 5. The van der Waals surface area contributed by atoms with Crippen LogP contribution < -0.4 is 5.32 Å². The number of hydrogen-bond donors (Lipinski definition) is 2. The topological polar surface area (TPSA) is 35.5 Å². The van der Waals surface area contributed by atoms with Gasteiger partial charge in [0.05, 0.1) is 17.5 Å². The van der Waals surface area contributed by atoms with Crippen LogP contribution >= 0.6 is 23.1 Å². The second-order valence-electron chi connectivity index (χ2n) is 6.91. The maximum atomic E-state index is 9.70. The van der Waals surface area contributed by atoms with E-state index in [1.807, 2.05) is 23.1 Å².